The molecule has 1 aliphatic rings. The summed E-state index contributed by atoms with van der Waals surface area (Å²) in [6.07, 6.45) is -5.65. The van der Waals surface area contributed by atoms with Gasteiger partial charge in [0.05, 0.1) is 0 Å². The smallest absolute Gasteiger partial charge is 0.383 e. The molecule has 1 fully saturated rings. The minimum absolute atomic E-state index is 0.265. The lowest BCUT2D eigenvalue weighted by Gasteiger charge is -2.38. The van der Waals surface area contributed by atoms with Crippen molar-refractivity contribution in [1.82, 2.24) is 4.90 Å². The number of piperidine rings is 1. The second-order valence-corrected chi connectivity index (χ2v) is 5.61. The number of aliphatic hydroxyl groups is 1. The molecule has 6 heteroatoms. The fourth-order valence-electron chi connectivity index (χ4n) is 2.34. The van der Waals surface area contributed by atoms with Gasteiger partial charge in [0.2, 0.25) is 0 Å². The zero-order valence-corrected chi connectivity index (χ0v) is 10.3. The fourth-order valence-corrected chi connectivity index (χ4v) is 2.34. The highest BCUT2D eigenvalue weighted by atomic mass is 19.4. The number of aliphatic hydroxyl groups excluding tert-OH is 1. The standard InChI is InChI=1S/C11H21F3N2O/c1-10(2,15)7-16-5-3-4-8(6-16)9(17)11(12,13)14/h8-9,17H,3-7,15H2,1-2H3. The number of hydrogen-bond donors (Lipinski definition) is 2. The Labute approximate surface area is 99.8 Å². The van der Waals surface area contributed by atoms with Gasteiger partial charge in [-0.2, -0.15) is 13.2 Å². The van der Waals surface area contributed by atoms with Crippen LogP contribution in [0.5, 0.6) is 0 Å². The van der Waals surface area contributed by atoms with Gasteiger partial charge < -0.3 is 15.7 Å². The summed E-state index contributed by atoms with van der Waals surface area (Å²) in [6, 6.07) is 0. The Morgan fingerprint density at radius 3 is 2.47 bits per heavy atom. The lowest BCUT2D eigenvalue weighted by molar-refractivity contribution is -0.223. The quantitative estimate of drug-likeness (QED) is 0.799. The molecular formula is C11H21F3N2O. The topological polar surface area (TPSA) is 49.5 Å². The molecule has 1 saturated heterocycles. The molecule has 102 valence electrons. The van der Waals surface area contributed by atoms with Crippen LogP contribution in [0.1, 0.15) is 26.7 Å². The number of nitrogens with two attached hydrogens (primary N) is 1. The first-order valence-corrected chi connectivity index (χ1v) is 5.85. The third kappa shape index (κ3) is 4.81. The Hall–Kier alpha value is -0.330. The van der Waals surface area contributed by atoms with E-state index in [0.717, 1.165) is 6.54 Å². The van der Waals surface area contributed by atoms with Crippen LogP contribution in [0.4, 0.5) is 13.2 Å². The molecule has 0 saturated carbocycles. The van der Waals surface area contributed by atoms with Crippen molar-refractivity contribution in [3.05, 3.63) is 0 Å². The molecule has 2 atom stereocenters. The van der Waals surface area contributed by atoms with Gasteiger partial charge in [-0.25, -0.2) is 0 Å². The Morgan fingerprint density at radius 1 is 1.41 bits per heavy atom. The zero-order valence-electron chi connectivity index (χ0n) is 10.3. The van der Waals surface area contributed by atoms with Crippen molar-refractivity contribution in [1.29, 1.82) is 0 Å². The maximum atomic E-state index is 12.4. The monoisotopic (exact) mass is 254 g/mol. The molecule has 17 heavy (non-hydrogen) atoms. The highest BCUT2D eigenvalue weighted by Gasteiger charge is 2.44. The van der Waals surface area contributed by atoms with Gasteiger partial charge in [-0.15, -0.1) is 0 Å². The number of halogens is 3. The largest absolute Gasteiger partial charge is 0.414 e. The summed E-state index contributed by atoms with van der Waals surface area (Å²) >= 11 is 0. The summed E-state index contributed by atoms with van der Waals surface area (Å²) in [6.45, 7) is 5.25. The number of hydrogen-bond acceptors (Lipinski definition) is 3. The SMILES string of the molecule is CC(C)(N)CN1CCCC(C(O)C(F)(F)F)C1. The van der Waals surface area contributed by atoms with Crippen molar-refractivity contribution < 1.29 is 18.3 Å². The Morgan fingerprint density at radius 2 is 2.00 bits per heavy atom. The van der Waals surface area contributed by atoms with Crippen LogP contribution < -0.4 is 5.73 Å². The summed E-state index contributed by atoms with van der Waals surface area (Å²) in [7, 11) is 0. The minimum Gasteiger partial charge on any atom is -0.383 e. The molecule has 2 unspecified atom stereocenters. The van der Waals surface area contributed by atoms with E-state index in [1.165, 1.54) is 0 Å². The van der Waals surface area contributed by atoms with Crippen molar-refractivity contribution in [2.45, 2.75) is 44.5 Å². The highest BCUT2D eigenvalue weighted by Crippen LogP contribution is 2.31. The molecule has 0 amide bonds. The summed E-state index contributed by atoms with van der Waals surface area (Å²) < 4.78 is 37.2. The molecular weight excluding hydrogens is 233 g/mol. The molecule has 0 bridgehead atoms. The molecule has 0 aromatic heterocycles. The van der Waals surface area contributed by atoms with E-state index in [1.54, 1.807) is 0 Å². The molecule has 1 rings (SSSR count). The average Bonchev–Trinajstić information content (AvgIpc) is 2.12. The Balaban J connectivity index is 2.55. The maximum absolute atomic E-state index is 12.4. The predicted molar refractivity (Wildman–Crippen MR) is 59.5 cm³/mol. The third-order valence-electron chi connectivity index (χ3n) is 2.95. The normalized spacial score (nSPS) is 25.9. The van der Waals surface area contributed by atoms with Gasteiger partial charge in [0, 0.05) is 24.5 Å². The molecule has 0 aromatic rings. The average molecular weight is 254 g/mol. The minimum atomic E-state index is -4.52. The maximum Gasteiger partial charge on any atom is 0.414 e. The van der Waals surface area contributed by atoms with Crippen molar-refractivity contribution >= 4 is 0 Å². The van der Waals surface area contributed by atoms with E-state index >= 15 is 0 Å². The Kier molecular flexibility index (Phi) is 4.43. The van der Waals surface area contributed by atoms with Crippen LogP contribution in [-0.2, 0) is 0 Å². The van der Waals surface area contributed by atoms with Gasteiger partial charge in [-0.3, -0.25) is 0 Å². The molecule has 3 nitrogen and oxygen atoms in total. The zero-order chi connectivity index (χ0) is 13.3. The van der Waals surface area contributed by atoms with Gasteiger partial charge in [-0.1, -0.05) is 0 Å². The van der Waals surface area contributed by atoms with Crippen LogP contribution in [0.3, 0.4) is 0 Å². The van der Waals surface area contributed by atoms with E-state index in [0.29, 0.717) is 19.4 Å². The van der Waals surface area contributed by atoms with E-state index in [9.17, 15) is 18.3 Å². The highest BCUT2D eigenvalue weighted by molar-refractivity contribution is 4.85. The second-order valence-electron chi connectivity index (χ2n) is 5.61. The first kappa shape index (κ1) is 14.7. The van der Waals surface area contributed by atoms with E-state index < -0.39 is 23.7 Å². The van der Waals surface area contributed by atoms with Crippen LogP contribution in [0.25, 0.3) is 0 Å². The second kappa shape index (κ2) is 5.12. The first-order valence-electron chi connectivity index (χ1n) is 5.85. The number of rotatable bonds is 3. The van der Waals surface area contributed by atoms with Crippen molar-refractivity contribution in [3.63, 3.8) is 0 Å². The molecule has 1 heterocycles. The van der Waals surface area contributed by atoms with Crippen molar-refractivity contribution in [2.24, 2.45) is 11.7 Å². The van der Waals surface area contributed by atoms with Crippen LogP contribution in [0.15, 0.2) is 0 Å². The van der Waals surface area contributed by atoms with E-state index in [4.69, 9.17) is 5.73 Å². The number of alkyl halides is 3. The first-order chi connectivity index (χ1) is 7.59. The van der Waals surface area contributed by atoms with E-state index in [-0.39, 0.29) is 6.54 Å². The van der Waals surface area contributed by atoms with Gasteiger partial charge in [0.15, 0.2) is 6.10 Å². The molecule has 0 aromatic carbocycles. The van der Waals surface area contributed by atoms with Crippen LogP contribution in [0, 0.1) is 5.92 Å². The van der Waals surface area contributed by atoms with Gasteiger partial charge in [0.1, 0.15) is 0 Å². The van der Waals surface area contributed by atoms with Crippen LogP contribution in [0.2, 0.25) is 0 Å². The molecule has 3 N–H and O–H groups in total. The number of likely N-dealkylation sites (tertiary alicyclic amines) is 1. The summed E-state index contributed by atoms with van der Waals surface area (Å²) in [5.74, 6) is -0.730. The van der Waals surface area contributed by atoms with Crippen molar-refractivity contribution in [3.8, 4) is 0 Å². The summed E-state index contributed by atoms with van der Waals surface area (Å²) in [5.41, 5.74) is 5.42. The van der Waals surface area contributed by atoms with Crippen molar-refractivity contribution in [2.75, 3.05) is 19.6 Å². The lowest BCUT2D eigenvalue weighted by Crippen LogP contribution is -2.51. The van der Waals surface area contributed by atoms with E-state index in [2.05, 4.69) is 0 Å². The summed E-state index contributed by atoms with van der Waals surface area (Å²) in [4.78, 5) is 1.91. The molecule has 0 aliphatic carbocycles. The fraction of sp³-hybridized carbons (Fsp3) is 1.00. The van der Waals surface area contributed by atoms with Gasteiger partial charge in [-0.05, 0) is 33.2 Å². The predicted octanol–water partition coefficient (Wildman–Crippen LogP) is 1.36. The molecule has 0 spiro atoms. The van der Waals surface area contributed by atoms with Gasteiger partial charge >= 0.3 is 6.18 Å². The van der Waals surface area contributed by atoms with E-state index in [1.807, 2.05) is 18.7 Å². The lowest BCUT2D eigenvalue weighted by atomic mass is 9.91. The third-order valence-corrected chi connectivity index (χ3v) is 2.95. The van der Waals surface area contributed by atoms with Crippen LogP contribution >= 0.6 is 0 Å². The van der Waals surface area contributed by atoms with Gasteiger partial charge in [0.25, 0.3) is 0 Å². The molecule has 0 radical (unpaired) electrons. The summed E-state index contributed by atoms with van der Waals surface area (Å²) in [5, 5.41) is 9.24. The number of nitrogens with zero attached hydrogens (tertiary/aromatic N) is 1. The molecule has 1 aliphatic heterocycles. The Bertz CT molecular complexity index is 250. The van der Waals surface area contributed by atoms with Crippen LogP contribution in [-0.4, -0.2) is 47.5 Å².